The Bertz CT molecular complexity index is 1480. The fourth-order valence-corrected chi connectivity index (χ4v) is 13.6. The van der Waals surface area contributed by atoms with E-state index in [2.05, 4.69) is 63.6 Å². The number of ether oxygens (including phenoxy) is 2. The smallest absolute Gasteiger partial charge is 0.309 e. The molecular formula is C42H65N3O6. The third kappa shape index (κ3) is 6.32. The van der Waals surface area contributed by atoms with Gasteiger partial charge in [0.15, 0.2) is 0 Å². The van der Waals surface area contributed by atoms with Gasteiger partial charge in [-0.25, -0.2) is 0 Å². The van der Waals surface area contributed by atoms with Crippen molar-refractivity contribution in [2.45, 2.75) is 151 Å². The average molecular weight is 708 g/mol. The number of rotatable bonds is 11. The van der Waals surface area contributed by atoms with E-state index < -0.39 is 17.4 Å². The Balaban J connectivity index is 1.18. The van der Waals surface area contributed by atoms with E-state index in [9.17, 15) is 19.5 Å². The highest BCUT2D eigenvalue weighted by Gasteiger charge is 2.71. The van der Waals surface area contributed by atoms with Crippen LogP contribution in [-0.2, 0) is 23.9 Å². The van der Waals surface area contributed by atoms with Crippen molar-refractivity contribution < 1.29 is 29.0 Å². The summed E-state index contributed by atoms with van der Waals surface area (Å²) in [7, 11) is 0. The molecule has 5 aliphatic carbocycles. The number of esters is 2. The normalized spacial score (nSPS) is 41.0. The second-order valence-corrected chi connectivity index (χ2v) is 19.8. The minimum absolute atomic E-state index is 0.114. The standard InChI is InChI=1S/C42H65N3O6/c1-26(2)28-14-19-42(22-23-50-33(46)13-10-27-25-43-45-44-27)21-20-40(8)29(35(28)42)11-12-31-39(7)17-16-32(51-34(47)24-37(3,4)36(48)49)38(5,6)30(39)15-18-41(31,40)9/h28-32,35H,1,10-25H2,2-9H3,(H,48,49)/t28-,29+,30-,31+,32-,35+,39-,40+,41+,42+/m0/s1. The van der Waals surface area contributed by atoms with Crippen LogP contribution >= 0.6 is 0 Å². The van der Waals surface area contributed by atoms with Crippen molar-refractivity contribution in [2.24, 2.45) is 77.5 Å². The molecule has 10 atom stereocenters. The van der Waals surface area contributed by atoms with Gasteiger partial charge < -0.3 is 14.6 Å². The van der Waals surface area contributed by atoms with Crippen molar-refractivity contribution in [1.29, 1.82) is 0 Å². The zero-order valence-electron chi connectivity index (χ0n) is 32.8. The third-order valence-corrected chi connectivity index (χ3v) is 16.6. The van der Waals surface area contributed by atoms with Gasteiger partial charge in [0.25, 0.3) is 0 Å². The van der Waals surface area contributed by atoms with Gasteiger partial charge in [0.05, 0.1) is 30.6 Å². The van der Waals surface area contributed by atoms with Gasteiger partial charge in [-0.15, -0.1) is 5.10 Å². The topological polar surface area (TPSA) is 127 Å². The summed E-state index contributed by atoms with van der Waals surface area (Å²) in [6.45, 7) is 23.4. The first-order valence-corrected chi connectivity index (χ1v) is 20.0. The van der Waals surface area contributed by atoms with E-state index in [1.165, 1.54) is 50.5 Å². The summed E-state index contributed by atoms with van der Waals surface area (Å²) in [5, 5.41) is 21.1. The second kappa shape index (κ2) is 13.4. The molecule has 9 nitrogen and oxygen atoms in total. The molecule has 0 radical (unpaired) electrons. The van der Waals surface area contributed by atoms with E-state index in [0.29, 0.717) is 55.6 Å². The number of carbonyl (C=O) groups is 3. The number of carboxylic acid groups (broad SMARTS) is 1. The first-order chi connectivity index (χ1) is 23.8. The van der Waals surface area contributed by atoms with Gasteiger partial charge in [0.2, 0.25) is 0 Å². The predicted octanol–water partition coefficient (Wildman–Crippen LogP) is 9.59. The van der Waals surface area contributed by atoms with Crippen molar-refractivity contribution in [1.82, 2.24) is 0 Å². The van der Waals surface area contributed by atoms with E-state index in [-0.39, 0.29) is 45.6 Å². The molecule has 284 valence electrons. The van der Waals surface area contributed by atoms with Crippen LogP contribution in [0.2, 0.25) is 0 Å². The summed E-state index contributed by atoms with van der Waals surface area (Å²) >= 11 is 0. The molecule has 0 aromatic heterocycles. The van der Waals surface area contributed by atoms with Crippen molar-refractivity contribution in [3.63, 3.8) is 0 Å². The molecule has 5 fully saturated rings. The van der Waals surface area contributed by atoms with E-state index in [4.69, 9.17) is 9.47 Å². The van der Waals surface area contributed by atoms with Gasteiger partial charge in [-0.3, -0.25) is 14.4 Å². The maximum absolute atomic E-state index is 13.1. The van der Waals surface area contributed by atoms with Crippen molar-refractivity contribution >= 4 is 23.6 Å². The largest absolute Gasteiger partial charge is 0.481 e. The number of hydrogen-bond donors (Lipinski definition) is 1. The van der Waals surface area contributed by atoms with Crippen molar-refractivity contribution in [2.75, 3.05) is 13.2 Å². The molecular weight excluding hydrogens is 642 g/mol. The monoisotopic (exact) mass is 707 g/mol. The second-order valence-electron chi connectivity index (χ2n) is 19.8. The minimum Gasteiger partial charge on any atom is -0.481 e. The number of hydrogen-bond acceptors (Lipinski definition) is 8. The van der Waals surface area contributed by atoms with Gasteiger partial charge in [-0.05, 0) is 148 Å². The van der Waals surface area contributed by atoms with E-state index in [0.717, 1.165) is 31.4 Å². The summed E-state index contributed by atoms with van der Waals surface area (Å²) < 4.78 is 12.1. The zero-order chi connectivity index (χ0) is 37.2. The lowest BCUT2D eigenvalue weighted by Gasteiger charge is -2.73. The first kappa shape index (κ1) is 38.2. The molecule has 0 unspecified atom stereocenters. The number of carboxylic acids is 1. The van der Waals surface area contributed by atoms with E-state index in [1.807, 2.05) is 0 Å². The molecule has 6 aliphatic rings. The Morgan fingerprint density at radius 3 is 2.31 bits per heavy atom. The van der Waals surface area contributed by atoms with Crippen LogP contribution in [0.5, 0.6) is 0 Å². The van der Waals surface area contributed by atoms with Crippen LogP contribution in [0.1, 0.15) is 145 Å². The maximum Gasteiger partial charge on any atom is 0.309 e. The molecule has 1 heterocycles. The zero-order valence-corrected chi connectivity index (χ0v) is 32.8. The fourth-order valence-electron chi connectivity index (χ4n) is 13.6. The number of carbonyl (C=O) groups excluding carboxylic acids is 2. The average Bonchev–Trinajstić information content (AvgIpc) is 3.70. The Morgan fingerprint density at radius 1 is 0.902 bits per heavy atom. The summed E-state index contributed by atoms with van der Waals surface area (Å²) in [6.07, 6.45) is 12.9. The molecule has 0 aromatic rings. The molecule has 0 bridgehead atoms. The Kier molecular flexibility index (Phi) is 10.0. The number of allylic oxidation sites excluding steroid dienone is 1. The van der Waals surface area contributed by atoms with Crippen LogP contribution in [0.4, 0.5) is 0 Å². The molecule has 1 aliphatic heterocycles. The van der Waals surface area contributed by atoms with Crippen LogP contribution in [0.15, 0.2) is 27.6 Å². The summed E-state index contributed by atoms with van der Waals surface area (Å²) in [5.41, 5.74) is 1.57. The lowest BCUT2D eigenvalue weighted by molar-refractivity contribution is -0.251. The lowest BCUT2D eigenvalue weighted by atomic mass is 9.32. The highest BCUT2D eigenvalue weighted by atomic mass is 16.5. The minimum atomic E-state index is -1.14. The third-order valence-electron chi connectivity index (χ3n) is 16.6. The molecule has 5 saturated carbocycles. The summed E-state index contributed by atoms with van der Waals surface area (Å²) in [5.74, 6) is 1.19. The van der Waals surface area contributed by atoms with Crippen LogP contribution in [-0.4, -0.2) is 48.0 Å². The molecule has 0 aromatic carbocycles. The van der Waals surface area contributed by atoms with E-state index in [1.54, 1.807) is 13.8 Å². The van der Waals surface area contributed by atoms with Crippen molar-refractivity contribution in [3.8, 4) is 0 Å². The molecule has 51 heavy (non-hydrogen) atoms. The molecule has 0 amide bonds. The first-order valence-electron chi connectivity index (χ1n) is 20.0. The lowest BCUT2D eigenvalue weighted by Crippen LogP contribution is -2.66. The highest BCUT2D eigenvalue weighted by molar-refractivity contribution is 5.89. The Hall–Kier alpha value is -2.58. The van der Waals surface area contributed by atoms with Crippen LogP contribution in [0, 0.1) is 62.1 Å². The van der Waals surface area contributed by atoms with Gasteiger partial charge in [0, 0.05) is 11.8 Å². The molecule has 1 N–H and O–H groups in total. The van der Waals surface area contributed by atoms with Crippen LogP contribution in [0.3, 0.4) is 0 Å². The Labute approximate surface area is 306 Å². The quantitative estimate of drug-likeness (QED) is 0.168. The van der Waals surface area contributed by atoms with Crippen molar-refractivity contribution in [3.05, 3.63) is 12.2 Å². The highest BCUT2D eigenvalue weighted by Crippen LogP contribution is 2.78. The maximum atomic E-state index is 13.1. The molecule has 6 rings (SSSR count). The summed E-state index contributed by atoms with van der Waals surface area (Å²) in [6, 6.07) is 0. The predicted molar refractivity (Wildman–Crippen MR) is 197 cm³/mol. The van der Waals surface area contributed by atoms with Gasteiger partial charge in [-0.2, -0.15) is 5.11 Å². The SMILES string of the molecule is C=C(C)[C@@H]1CC[C@]2(CCOC(=O)CCC3=NN=NC3)CC[C@]3(C)[C@H](CC[C@@H]4[C@@]5(C)CC[C@H](OC(=O)CC(C)(C)C(=O)O)C(C)(C)[C@@H]5CC[C@]43C)[C@@H]12. The molecule has 0 saturated heterocycles. The van der Waals surface area contributed by atoms with Gasteiger partial charge in [-0.1, -0.05) is 46.8 Å². The van der Waals surface area contributed by atoms with Crippen LogP contribution in [0.25, 0.3) is 0 Å². The van der Waals surface area contributed by atoms with Crippen LogP contribution < -0.4 is 0 Å². The molecule has 9 heteroatoms. The number of fused-ring (bicyclic) bond motifs is 7. The fraction of sp³-hybridized carbons (Fsp3) is 0.857. The van der Waals surface area contributed by atoms with E-state index >= 15 is 0 Å². The Morgan fingerprint density at radius 2 is 1.65 bits per heavy atom. The molecule has 0 spiro atoms. The number of aliphatic carboxylic acids is 1. The van der Waals surface area contributed by atoms with Gasteiger partial charge in [0.1, 0.15) is 12.6 Å². The van der Waals surface area contributed by atoms with Gasteiger partial charge >= 0.3 is 17.9 Å². The summed E-state index contributed by atoms with van der Waals surface area (Å²) in [4.78, 5) is 37.5. The number of nitrogens with zero attached hydrogens (tertiary/aromatic N) is 3.